The number of hydrogen-bond donors (Lipinski definition) is 0. The lowest BCUT2D eigenvalue weighted by Gasteiger charge is -2.01. The lowest BCUT2D eigenvalue weighted by molar-refractivity contribution is 0.0511. The van der Waals surface area contributed by atoms with E-state index in [4.69, 9.17) is 6.11 Å². The molecule has 0 atom stereocenters. The third-order valence-corrected chi connectivity index (χ3v) is 1.72. The molecule has 0 heterocycles. The van der Waals surface area contributed by atoms with Crippen molar-refractivity contribution in [3.63, 3.8) is 0 Å². The van der Waals surface area contributed by atoms with Gasteiger partial charge in [-0.15, -0.1) is 0 Å². The maximum Gasteiger partial charge on any atom is 0.338 e. The second-order valence-electron chi connectivity index (χ2n) is 2.86. The zero-order valence-corrected chi connectivity index (χ0v) is 8.48. The molecule has 0 saturated heterocycles. The van der Waals surface area contributed by atoms with E-state index in [-0.39, 0.29) is 12.6 Å². The van der Waals surface area contributed by atoms with E-state index in [1.54, 1.807) is 36.4 Å². The van der Waals surface area contributed by atoms with Crippen molar-refractivity contribution in [3.05, 3.63) is 60.7 Å². The van der Waals surface area contributed by atoms with Crippen LogP contribution in [0.4, 0.5) is 0 Å². The van der Waals surface area contributed by atoms with Crippen molar-refractivity contribution in [3.8, 4) is 0 Å². The Labute approximate surface area is 91.3 Å². The molecule has 1 aromatic rings. The number of rotatable bonds is 5. The highest BCUT2D eigenvalue weighted by molar-refractivity contribution is 5.89. The van der Waals surface area contributed by atoms with Gasteiger partial charge in [-0.2, -0.15) is 0 Å². The molecule has 0 aliphatic rings. The van der Waals surface area contributed by atoms with Gasteiger partial charge in [0.05, 0.1) is 13.5 Å². The average molecular weight is 203 g/mol. The molecule has 0 radical (unpaired) electrons. The molecule has 0 aliphatic heterocycles. The summed E-state index contributed by atoms with van der Waals surface area (Å²) in [5, 5.41) is 0. The Hall–Kier alpha value is -1.83. The fourth-order valence-electron chi connectivity index (χ4n) is 1.03. The Morgan fingerprint density at radius 3 is 2.87 bits per heavy atom. The minimum Gasteiger partial charge on any atom is -0.462 e. The van der Waals surface area contributed by atoms with E-state index >= 15 is 0 Å². The van der Waals surface area contributed by atoms with Gasteiger partial charge in [-0.05, 0) is 18.6 Å². The van der Waals surface area contributed by atoms with E-state index in [9.17, 15) is 4.79 Å². The number of esters is 1. The Morgan fingerprint density at radius 2 is 2.20 bits per heavy atom. The van der Waals surface area contributed by atoms with Crippen molar-refractivity contribution >= 4 is 5.97 Å². The summed E-state index contributed by atoms with van der Waals surface area (Å²) in [5.41, 5.74) is 0.529. The Morgan fingerprint density at radius 1 is 1.47 bits per heavy atom. The number of hydrogen-bond acceptors (Lipinski definition) is 2. The number of benzene rings is 1. The van der Waals surface area contributed by atoms with Gasteiger partial charge < -0.3 is 4.74 Å². The second kappa shape index (κ2) is 6.60. The SMILES string of the molecule is [2H]/C(=C\C=C)CCOC(=O)c1ccccc1. The fourth-order valence-corrected chi connectivity index (χ4v) is 1.03. The van der Waals surface area contributed by atoms with E-state index in [0.717, 1.165) is 0 Å². The van der Waals surface area contributed by atoms with Gasteiger partial charge in [-0.3, -0.25) is 0 Å². The molecule has 15 heavy (non-hydrogen) atoms. The predicted molar refractivity (Wildman–Crippen MR) is 60.7 cm³/mol. The molecule has 0 spiro atoms. The smallest absolute Gasteiger partial charge is 0.338 e. The minimum atomic E-state index is -0.355. The molecule has 1 rings (SSSR count). The molecule has 0 unspecified atom stereocenters. The van der Waals surface area contributed by atoms with Crippen LogP contribution in [-0.4, -0.2) is 12.6 Å². The molecule has 78 valence electrons. The lowest BCUT2D eigenvalue weighted by Crippen LogP contribution is -2.05. The zero-order valence-electron chi connectivity index (χ0n) is 9.48. The van der Waals surface area contributed by atoms with Gasteiger partial charge in [-0.1, -0.05) is 43.0 Å². The Balaban J connectivity index is 2.37. The van der Waals surface area contributed by atoms with Crippen LogP contribution in [0.2, 0.25) is 0 Å². The molecule has 0 amide bonds. The predicted octanol–water partition coefficient (Wildman–Crippen LogP) is 2.98. The van der Waals surface area contributed by atoms with Crippen LogP contribution in [0.25, 0.3) is 0 Å². The van der Waals surface area contributed by atoms with E-state index in [1.165, 1.54) is 0 Å². The first-order valence-corrected chi connectivity index (χ1v) is 4.74. The summed E-state index contributed by atoms with van der Waals surface area (Å²) >= 11 is 0. The maximum absolute atomic E-state index is 11.5. The van der Waals surface area contributed by atoms with Gasteiger partial charge in [0.1, 0.15) is 0 Å². The molecule has 1 aromatic carbocycles. The first-order chi connectivity index (χ1) is 7.74. The molecule has 0 saturated carbocycles. The van der Waals surface area contributed by atoms with E-state index in [1.807, 2.05) is 6.07 Å². The summed E-state index contributed by atoms with van der Waals surface area (Å²) in [6.45, 7) is 3.71. The first-order valence-electron chi connectivity index (χ1n) is 5.24. The Kier molecular flexibility index (Phi) is 4.27. The van der Waals surface area contributed by atoms with Crippen molar-refractivity contribution in [2.75, 3.05) is 6.61 Å². The average Bonchev–Trinajstić information content (AvgIpc) is 2.30. The van der Waals surface area contributed by atoms with Crippen molar-refractivity contribution in [1.82, 2.24) is 0 Å². The number of carbonyl (C=O) groups excluding carboxylic acids is 1. The summed E-state index contributed by atoms with van der Waals surface area (Å²) in [6, 6.07) is 9.20. The summed E-state index contributed by atoms with van der Waals surface area (Å²) in [6.07, 6.45) is 3.53. The van der Waals surface area contributed by atoms with Crippen molar-refractivity contribution < 1.29 is 10.9 Å². The largest absolute Gasteiger partial charge is 0.462 e. The van der Waals surface area contributed by atoms with Gasteiger partial charge in [0, 0.05) is 0 Å². The molecule has 0 fully saturated rings. The van der Waals surface area contributed by atoms with Crippen LogP contribution in [0.15, 0.2) is 55.1 Å². The topological polar surface area (TPSA) is 26.3 Å². The highest BCUT2D eigenvalue weighted by Crippen LogP contribution is 2.01. The van der Waals surface area contributed by atoms with Crippen LogP contribution >= 0.6 is 0 Å². The van der Waals surface area contributed by atoms with Crippen molar-refractivity contribution in [2.24, 2.45) is 0 Å². The zero-order chi connectivity index (χ0) is 11.8. The quantitative estimate of drug-likeness (QED) is 0.543. The Bertz CT molecular complexity index is 382. The van der Waals surface area contributed by atoms with E-state index in [2.05, 4.69) is 6.58 Å². The molecule has 0 N–H and O–H groups in total. The summed E-state index contributed by atoms with van der Waals surface area (Å²) < 4.78 is 12.4. The summed E-state index contributed by atoms with van der Waals surface area (Å²) in [5.74, 6) is -0.355. The summed E-state index contributed by atoms with van der Waals surface area (Å²) in [7, 11) is 0. The lowest BCUT2D eigenvalue weighted by atomic mass is 10.2. The van der Waals surface area contributed by atoms with Gasteiger partial charge in [0.2, 0.25) is 0 Å². The van der Waals surface area contributed by atoms with Crippen molar-refractivity contribution in [1.29, 1.82) is 0 Å². The van der Waals surface area contributed by atoms with E-state index in [0.29, 0.717) is 18.0 Å². The molecule has 2 heteroatoms. The first kappa shape index (κ1) is 9.71. The second-order valence-corrected chi connectivity index (χ2v) is 2.86. The number of carbonyl (C=O) groups is 1. The molecule has 0 aliphatic carbocycles. The van der Waals surface area contributed by atoms with Crippen LogP contribution < -0.4 is 0 Å². The van der Waals surface area contributed by atoms with Crippen molar-refractivity contribution in [2.45, 2.75) is 6.42 Å². The van der Waals surface area contributed by atoms with Gasteiger partial charge in [0.25, 0.3) is 0 Å². The number of ether oxygens (including phenoxy) is 1. The summed E-state index contributed by atoms with van der Waals surface area (Å²) in [4.78, 5) is 11.5. The van der Waals surface area contributed by atoms with E-state index < -0.39 is 0 Å². The fraction of sp³-hybridized carbons (Fsp3) is 0.154. The van der Waals surface area contributed by atoms with Crippen LogP contribution in [0.5, 0.6) is 0 Å². The monoisotopic (exact) mass is 203 g/mol. The third kappa shape index (κ3) is 4.27. The molecule has 2 nitrogen and oxygen atoms in total. The van der Waals surface area contributed by atoms with Gasteiger partial charge in [-0.25, -0.2) is 4.79 Å². The van der Waals surface area contributed by atoms with Crippen LogP contribution in [0, 0.1) is 0 Å². The van der Waals surface area contributed by atoms with Crippen LogP contribution in [-0.2, 0) is 4.74 Å². The standard InChI is InChI=1S/C13H14O2/c1-2-3-4-8-11-15-13(14)12-9-6-5-7-10-12/h2-7,9-10H,1,8,11H2/b4-3+/i4D. The molecular weight excluding hydrogens is 188 g/mol. The van der Waals surface area contributed by atoms with Gasteiger partial charge in [0.15, 0.2) is 0 Å². The van der Waals surface area contributed by atoms with Crippen LogP contribution in [0.1, 0.15) is 18.1 Å². The molecule has 0 aromatic heterocycles. The minimum absolute atomic E-state index is 0.219. The highest BCUT2D eigenvalue weighted by Gasteiger charge is 2.03. The maximum atomic E-state index is 11.5. The normalized spacial score (nSPS) is 11.7. The third-order valence-electron chi connectivity index (χ3n) is 1.72. The number of allylic oxidation sites excluding steroid dienone is 2. The van der Waals surface area contributed by atoms with Gasteiger partial charge >= 0.3 is 5.97 Å². The van der Waals surface area contributed by atoms with Crippen LogP contribution in [0.3, 0.4) is 0 Å². The highest BCUT2D eigenvalue weighted by atomic mass is 16.5. The molecule has 0 bridgehead atoms. The molecular formula is C13H14O2.